The van der Waals surface area contributed by atoms with Crippen LogP contribution in [0, 0.1) is 0 Å². The summed E-state index contributed by atoms with van der Waals surface area (Å²) < 4.78 is 0. The Morgan fingerprint density at radius 1 is 1.71 bits per heavy atom. The Hall–Kier alpha value is -0.170. The average Bonchev–Trinajstić information content (AvgIpc) is 1.61. The van der Waals surface area contributed by atoms with E-state index in [4.69, 9.17) is 0 Å². The van der Waals surface area contributed by atoms with Gasteiger partial charge in [-0.2, -0.15) is 0 Å². The first-order valence-corrected chi connectivity index (χ1v) is 2.69. The molecule has 0 aliphatic heterocycles. The molecule has 0 aromatic carbocycles. The highest BCUT2D eigenvalue weighted by Crippen LogP contribution is 2.04. The van der Waals surface area contributed by atoms with Crippen molar-refractivity contribution < 1.29 is 0 Å². The Kier molecular flexibility index (Phi) is 3.90. The van der Waals surface area contributed by atoms with Crippen molar-refractivity contribution >= 4 is 12.6 Å². The first-order chi connectivity index (χ1) is 3.27. The Morgan fingerprint density at radius 3 is 2.43 bits per heavy atom. The minimum atomic E-state index is 0.930. The molecular formula is C6H10S. The highest BCUT2D eigenvalue weighted by atomic mass is 32.1. The Balaban J connectivity index is 2.97. The third-order valence-electron chi connectivity index (χ3n) is 0.637. The van der Waals surface area contributed by atoms with E-state index in [0.29, 0.717) is 0 Å². The fraction of sp³-hybridized carbons (Fsp3) is 0.333. The molecule has 0 amide bonds. The van der Waals surface area contributed by atoms with Crippen molar-refractivity contribution in [3.63, 3.8) is 0 Å². The molecule has 0 heterocycles. The van der Waals surface area contributed by atoms with Crippen LogP contribution in [0.25, 0.3) is 0 Å². The van der Waals surface area contributed by atoms with E-state index in [0.717, 1.165) is 17.7 Å². The fourth-order valence-electron chi connectivity index (χ4n) is 0.269. The van der Waals surface area contributed by atoms with Crippen LogP contribution in [-0.2, 0) is 0 Å². The van der Waals surface area contributed by atoms with Crippen LogP contribution in [0.5, 0.6) is 0 Å². The van der Waals surface area contributed by atoms with E-state index in [2.05, 4.69) is 25.8 Å². The fourth-order valence-corrected chi connectivity index (χ4v) is 0.398. The summed E-state index contributed by atoms with van der Waals surface area (Å²) in [4.78, 5) is 0.930. The second-order valence-electron chi connectivity index (χ2n) is 1.39. The summed E-state index contributed by atoms with van der Waals surface area (Å²) in [7, 11) is 0. The van der Waals surface area contributed by atoms with Gasteiger partial charge in [0.05, 0.1) is 0 Å². The molecule has 0 aromatic heterocycles. The minimum absolute atomic E-state index is 0.930. The zero-order valence-corrected chi connectivity index (χ0v) is 5.25. The zero-order chi connectivity index (χ0) is 5.70. The number of rotatable bonds is 3. The second-order valence-corrected chi connectivity index (χ2v) is 2.03. The van der Waals surface area contributed by atoms with Gasteiger partial charge in [0.2, 0.25) is 0 Å². The van der Waals surface area contributed by atoms with Gasteiger partial charge in [-0.25, -0.2) is 0 Å². The van der Waals surface area contributed by atoms with E-state index in [-0.39, 0.29) is 0 Å². The van der Waals surface area contributed by atoms with E-state index in [1.54, 1.807) is 0 Å². The summed E-state index contributed by atoms with van der Waals surface area (Å²) in [6, 6.07) is 0. The predicted molar refractivity (Wildman–Crippen MR) is 37.6 cm³/mol. The summed E-state index contributed by atoms with van der Waals surface area (Å²) >= 11 is 3.99. The van der Waals surface area contributed by atoms with Crippen molar-refractivity contribution in [3.8, 4) is 0 Å². The summed E-state index contributed by atoms with van der Waals surface area (Å²) in [5.41, 5.74) is 0. The molecule has 0 nitrogen and oxygen atoms in total. The first-order valence-electron chi connectivity index (χ1n) is 2.25. The molecule has 40 valence electrons. The number of allylic oxidation sites excluding steroid dienone is 2. The summed E-state index contributed by atoms with van der Waals surface area (Å²) in [6.07, 6.45) is 3.80. The Labute approximate surface area is 50.3 Å². The minimum Gasteiger partial charge on any atom is -0.148 e. The van der Waals surface area contributed by atoms with Crippen molar-refractivity contribution in [2.24, 2.45) is 0 Å². The van der Waals surface area contributed by atoms with Crippen LogP contribution < -0.4 is 0 Å². The summed E-state index contributed by atoms with van der Waals surface area (Å²) in [5.74, 6) is 0. The maximum atomic E-state index is 3.99. The normalized spacial score (nSPS) is 8.14. The Morgan fingerprint density at radius 2 is 2.29 bits per heavy atom. The van der Waals surface area contributed by atoms with Crippen molar-refractivity contribution in [3.05, 3.63) is 24.1 Å². The second kappa shape index (κ2) is 4.00. The van der Waals surface area contributed by atoms with Gasteiger partial charge in [0.1, 0.15) is 0 Å². The number of thiol groups is 1. The van der Waals surface area contributed by atoms with Gasteiger partial charge in [-0.15, -0.1) is 19.2 Å². The van der Waals surface area contributed by atoms with Gasteiger partial charge in [0, 0.05) is 0 Å². The maximum Gasteiger partial charge on any atom is -0.0192 e. The third kappa shape index (κ3) is 5.83. The molecule has 0 radical (unpaired) electrons. The van der Waals surface area contributed by atoms with Gasteiger partial charge in [0.15, 0.2) is 0 Å². The van der Waals surface area contributed by atoms with Gasteiger partial charge >= 0.3 is 0 Å². The summed E-state index contributed by atoms with van der Waals surface area (Å²) in [6.45, 7) is 7.17. The van der Waals surface area contributed by atoms with Crippen molar-refractivity contribution in [2.45, 2.75) is 12.8 Å². The number of hydrogen-bond donors (Lipinski definition) is 1. The van der Waals surface area contributed by atoms with Gasteiger partial charge in [-0.3, -0.25) is 0 Å². The lowest BCUT2D eigenvalue weighted by Crippen LogP contribution is -1.65. The van der Waals surface area contributed by atoms with E-state index < -0.39 is 0 Å². The van der Waals surface area contributed by atoms with Crippen molar-refractivity contribution in [2.75, 3.05) is 0 Å². The molecule has 0 aromatic rings. The quantitative estimate of drug-likeness (QED) is 0.422. The van der Waals surface area contributed by atoms with Crippen LogP contribution in [0.15, 0.2) is 24.1 Å². The van der Waals surface area contributed by atoms with Gasteiger partial charge in [-0.1, -0.05) is 12.7 Å². The molecule has 0 rings (SSSR count). The summed E-state index contributed by atoms with van der Waals surface area (Å²) in [5, 5.41) is 0. The van der Waals surface area contributed by atoms with Gasteiger partial charge < -0.3 is 0 Å². The molecule has 0 saturated heterocycles. The molecule has 0 bridgehead atoms. The smallest absolute Gasteiger partial charge is 0.0192 e. The average molecular weight is 114 g/mol. The monoisotopic (exact) mass is 114 g/mol. The van der Waals surface area contributed by atoms with Crippen molar-refractivity contribution in [1.29, 1.82) is 0 Å². The molecular weight excluding hydrogens is 104 g/mol. The first kappa shape index (κ1) is 6.83. The highest BCUT2D eigenvalue weighted by molar-refractivity contribution is 7.84. The molecule has 0 unspecified atom stereocenters. The topological polar surface area (TPSA) is 0 Å². The van der Waals surface area contributed by atoms with Crippen molar-refractivity contribution in [1.82, 2.24) is 0 Å². The Bertz CT molecular complexity index is 74.2. The molecule has 0 N–H and O–H groups in total. The van der Waals surface area contributed by atoms with Gasteiger partial charge in [-0.05, 0) is 17.7 Å². The lowest BCUT2D eigenvalue weighted by Gasteiger charge is -1.87. The lowest BCUT2D eigenvalue weighted by molar-refractivity contribution is 1.05. The number of hydrogen-bond acceptors (Lipinski definition) is 1. The van der Waals surface area contributed by atoms with Crippen LogP contribution in [0.2, 0.25) is 0 Å². The lowest BCUT2D eigenvalue weighted by atomic mass is 10.3. The molecule has 7 heavy (non-hydrogen) atoms. The van der Waals surface area contributed by atoms with E-state index in [1.807, 2.05) is 6.08 Å². The maximum absolute atomic E-state index is 3.99. The molecule has 0 spiro atoms. The standard InChI is InChI=1S/C6H10S/c1-3-4-5-6(2)7/h3,7H,1-2,4-5H2. The van der Waals surface area contributed by atoms with E-state index >= 15 is 0 Å². The molecule has 0 saturated carbocycles. The van der Waals surface area contributed by atoms with Crippen LogP contribution in [0.1, 0.15) is 12.8 Å². The molecule has 1 heteroatoms. The molecule has 0 atom stereocenters. The van der Waals surface area contributed by atoms with E-state index in [1.165, 1.54) is 0 Å². The van der Waals surface area contributed by atoms with E-state index in [9.17, 15) is 0 Å². The van der Waals surface area contributed by atoms with Crippen LogP contribution in [0.3, 0.4) is 0 Å². The molecule has 0 aliphatic carbocycles. The SMILES string of the molecule is C=CCCC(=C)S. The predicted octanol–water partition coefficient (Wildman–Crippen LogP) is 2.40. The molecule has 0 aliphatic rings. The van der Waals surface area contributed by atoms with Crippen LogP contribution >= 0.6 is 12.6 Å². The third-order valence-corrected chi connectivity index (χ3v) is 0.861. The van der Waals surface area contributed by atoms with Crippen LogP contribution in [-0.4, -0.2) is 0 Å². The highest BCUT2D eigenvalue weighted by Gasteiger charge is 1.79. The largest absolute Gasteiger partial charge is 0.148 e. The van der Waals surface area contributed by atoms with Gasteiger partial charge in [0.25, 0.3) is 0 Å². The molecule has 0 fully saturated rings. The zero-order valence-electron chi connectivity index (χ0n) is 4.35. The van der Waals surface area contributed by atoms with Crippen LogP contribution in [0.4, 0.5) is 0 Å².